The van der Waals surface area contributed by atoms with Crippen molar-refractivity contribution >= 4 is 40.7 Å². The molecule has 2 aromatic carbocycles. The highest BCUT2D eigenvalue weighted by Gasteiger charge is 2.19. The van der Waals surface area contributed by atoms with Gasteiger partial charge in [-0.25, -0.2) is 0 Å². The molecule has 0 atom stereocenters. The quantitative estimate of drug-likeness (QED) is 0.874. The molecule has 0 unspecified atom stereocenters. The van der Waals surface area contributed by atoms with Gasteiger partial charge >= 0.3 is 0 Å². The number of carbonyl (C=O) groups excluding carboxylic acids is 2. The number of likely N-dealkylation sites (tertiary alicyclic amines) is 1. The van der Waals surface area contributed by atoms with Crippen molar-refractivity contribution < 1.29 is 9.59 Å². The summed E-state index contributed by atoms with van der Waals surface area (Å²) in [7, 11) is 0. The van der Waals surface area contributed by atoms with Crippen LogP contribution < -0.4 is 5.32 Å². The van der Waals surface area contributed by atoms with Crippen LogP contribution in [0.15, 0.2) is 42.5 Å². The van der Waals surface area contributed by atoms with Crippen LogP contribution in [0.5, 0.6) is 0 Å². The van der Waals surface area contributed by atoms with E-state index in [4.69, 9.17) is 23.2 Å². The van der Waals surface area contributed by atoms with Crippen LogP contribution in [0, 0.1) is 0 Å². The van der Waals surface area contributed by atoms with E-state index in [2.05, 4.69) is 5.32 Å². The molecule has 1 heterocycles. The minimum atomic E-state index is -0.306. The van der Waals surface area contributed by atoms with E-state index in [0.717, 1.165) is 25.9 Å². The molecule has 1 aliphatic heterocycles. The molecular weight excluding hydrogens is 347 g/mol. The number of benzene rings is 2. The third-order valence-corrected chi connectivity index (χ3v) is 4.53. The number of halogens is 2. The molecule has 0 aliphatic carbocycles. The molecule has 1 N–H and O–H groups in total. The minimum absolute atomic E-state index is 0.0114. The summed E-state index contributed by atoms with van der Waals surface area (Å²) in [6, 6.07) is 11.5. The van der Waals surface area contributed by atoms with Crippen LogP contribution in [0.1, 0.15) is 33.6 Å². The number of amides is 2. The van der Waals surface area contributed by atoms with Crippen molar-refractivity contribution in [3.8, 4) is 0 Å². The average Bonchev–Trinajstić information content (AvgIpc) is 3.12. The summed E-state index contributed by atoms with van der Waals surface area (Å²) in [6.45, 7) is 1.60. The van der Waals surface area contributed by atoms with Crippen LogP contribution in [-0.2, 0) is 0 Å². The Bertz CT molecular complexity index is 769. The zero-order valence-electron chi connectivity index (χ0n) is 12.9. The normalized spacial score (nSPS) is 13.8. The Morgan fingerprint density at radius 2 is 1.54 bits per heavy atom. The van der Waals surface area contributed by atoms with Gasteiger partial charge in [-0.1, -0.05) is 23.2 Å². The van der Waals surface area contributed by atoms with Gasteiger partial charge in [-0.15, -0.1) is 0 Å². The van der Waals surface area contributed by atoms with Gasteiger partial charge in [0.25, 0.3) is 11.8 Å². The maximum Gasteiger partial charge on any atom is 0.255 e. The van der Waals surface area contributed by atoms with E-state index in [0.29, 0.717) is 26.9 Å². The smallest absolute Gasteiger partial charge is 0.255 e. The van der Waals surface area contributed by atoms with E-state index < -0.39 is 0 Å². The predicted molar refractivity (Wildman–Crippen MR) is 96.0 cm³/mol. The van der Waals surface area contributed by atoms with Crippen molar-refractivity contribution in [2.75, 3.05) is 18.4 Å². The molecule has 124 valence electrons. The topological polar surface area (TPSA) is 49.4 Å². The summed E-state index contributed by atoms with van der Waals surface area (Å²) in [6.07, 6.45) is 2.10. The van der Waals surface area contributed by atoms with Gasteiger partial charge in [0.05, 0.1) is 10.7 Å². The van der Waals surface area contributed by atoms with E-state index in [1.807, 2.05) is 4.90 Å². The largest absolute Gasteiger partial charge is 0.339 e. The van der Waals surface area contributed by atoms with Crippen molar-refractivity contribution in [2.45, 2.75) is 12.8 Å². The molecule has 3 rings (SSSR count). The Labute approximate surface area is 150 Å². The summed E-state index contributed by atoms with van der Waals surface area (Å²) in [5, 5.41) is 3.62. The Balaban J connectivity index is 1.71. The number of rotatable bonds is 3. The maximum atomic E-state index is 12.3. The number of nitrogens with one attached hydrogen (secondary N) is 1. The number of anilines is 1. The molecular formula is C18H16Cl2N2O2. The highest BCUT2D eigenvalue weighted by molar-refractivity contribution is 6.35. The van der Waals surface area contributed by atoms with Gasteiger partial charge in [0.1, 0.15) is 0 Å². The van der Waals surface area contributed by atoms with Crippen LogP contribution in [0.2, 0.25) is 10.0 Å². The first-order valence-electron chi connectivity index (χ1n) is 7.70. The lowest BCUT2D eigenvalue weighted by molar-refractivity contribution is 0.0792. The van der Waals surface area contributed by atoms with Gasteiger partial charge in [0.2, 0.25) is 0 Å². The summed E-state index contributed by atoms with van der Waals surface area (Å²) < 4.78 is 0. The molecule has 0 aromatic heterocycles. The highest BCUT2D eigenvalue weighted by Crippen LogP contribution is 2.26. The van der Waals surface area contributed by atoms with Crippen LogP contribution in [0.3, 0.4) is 0 Å². The second kappa shape index (κ2) is 7.24. The Kier molecular flexibility index (Phi) is 5.07. The van der Waals surface area contributed by atoms with Crippen molar-refractivity contribution in [3.63, 3.8) is 0 Å². The lowest BCUT2D eigenvalue weighted by atomic mass is 10.1. The summed E-state index contributed by atoms with van der Waals surface area (Å²) >= 11 is 12.0. The van der Waals surface area contributed by atoms with Gasteiger partial charge < -0.3 is 10.2 Å². The standard InChI is InChI=1S/C18H16Cl2N2O2/c19-14-7-8-15(20)16(11-14)21-17(23)12-3-5-13(6-4-12)18(24)22-9-1-2-10-22/h3-8,11H,1-2,9-10H2,(H,21,23). The average molecular weight is 363 g/mol. The van der Waals surface area contributed by atoms with Crippen LogP contribution in [0.25, 0.3) is 0 Å². The monoisotopic (exact) mass is 362 g/mol. The van der Waals surface area contributed by atoms with Crippen LogP contribution in [-0.4, -0.2) is 29.8 Å². The lowest BCUT2D eigenvalue weighted by Crippen LogP contribution is -2.27. The molecule has 2 amide bonds. The molecule has 4 nitrogen and oxygen atoms in total. The molecule has 1 aliphatic rings. The van der Waals surface area contributed by atoms with E-state index >= 15 is 0 Å². The van der Waals surface area contributed by atoms with Crippen molar-refractivity contribution in [2.24, 2.45) is 0 Å². The first-order chi connectivity index (χ1) is 11.5. The Hall–Kier alpha value is -2.04. The molecule has 6 heteroatoms. The summed E-state index contributed by atoms with van der Waals surface area (Å²) in [5.74, 6) is -0.295. The van der Waals surface area contributed by atoms with Crippen molar-refractivity contribution in [1.82, 2.24) is 4.90 Å². The van der Waals surface area contributed by atoms with E-state index in [9.17, 15) is 9.59 Å². The number of carbonyl (C=O) groups is 2. The third kappa shape index (κ3) is 3.71. The third-order valence-electron chi connectivity index (χ3n) is 3.96. The second-order valence-electron chi connectivity index (χ2n) is 5.65. The first kappa shape index (κ1) is 16.8. The first-order valence-corrected chi connectivity index (χ1v) is 8.46. The molecule has 1 saturated heterocycles. The highest BCUT2D eigenvalue weighted by atomic mass is 35.5. The zero-order chi connectivity index (χ0) is 17.1. The fraction of sp³-hybridized carbons (Fsp3) is 0.222. The van der Waals surface area contributed by atoms with Gasteiger partial charge in [-0.05, 0) is 55.3 Å². The molecule has 0 radical (unpaired) electrons. The molecule has 0 saturated carbocycles. The molecule has 0 spiro atoms. The van der Waals surface area contributed by atoms with Gasteiger partial charge in [-0.2, -0.15) is 0 Å². The predicted octanol–water partition coefficient (Wildman–Crippen LogP) is 4.48. The van der Waals surface area contributed by atoms with Gasteiger partial charge in [0, 0.05) is 29.2 Å². The molecule has 24 heavy (non-hydrogen) atoms. The van der Waals surface area contributed by atoms with Gasteiger partial charge in [-0.3, -0.25) is 9.59 Å². The second-order valence-corrected chi connectivity index (χ2v) is 6.50. The lowest BCUT2D eigenvalue weighted by Gasteiger charge is -2.15. The maximum absolute atomic E-state index is 12.3. The molecule has 0 bridgehead atoms. The van der Waals surface area contributed by atoms with Crippen molar-refractivity contribution in [1.29, 1.82) is 0 Å². The van der Waals surface area contributed by atoms with E-state index in [-0.39, 0.29) is 11.8 Å². The number of hydrogen-bond acceptors (Lipinski definition) is 2. The summed E-state index contributed by atoms with van der Waals surface area (Å²) in [4.78, 5) is 26.4. The fourth-order valence-electron chi connectivity index (χ4n) is 2.65. The number of nitrogens with zero attached hydrogens (tertiary/aromatic N) is 1. The van der Waals surface area contributed by atoms with Crippen molar-refractivity contribution in [3.05, 3.63) is 63.6 Å². The van der Waals surface area contributed by atoms with Gasteiger partial charge in [0.15, 0.2) is 0 Å². The SMILES string of the molecule is O=C(Nc1cc(Cl)ccc1Cl)c1ccc(C(=O)N2CCCC2)cc1. The fourth-order valence-corrected chi connectivity index (χ4v) is 2.99. The number of hydrogen-bond donors (Lipinski definition) is 1. The van der Waals surface area contributed by atoms with Crippen LogP contribution in [0.4, 0.5) is 5.69 Å². The van der Waals surface area contributed by atoms with E-state index in [1.54, 1.807) is 42.5 Å². The molecule has 1 fully saturated rings. The molecule has 2 aromatic rings. The van der Waals surface area contributed by atoms with Crippen LogP contribution >= 0.6 is 23.2 Å². The Morgan fingerprint density at radius 3 is 2.21 bits per heavy atom. The Morgan fingerprint density at radius 1 is 0.917 bits per heavy atom. The summed E-state index contributed by atoms with van der Waals surface area (Å²) in [5.41, 5.74) is 1.49. The van der Waals surface area contributed by atoms with E-state index in [1.165, 1.54) is 0 Å². The minimum Gasteiger partial charge on any atom is -0.339 e. The zero-order valence-corrected chi connectivity index (χ0v) is 14.4.